The maximum absolute atomic E-state index is 12.4. The highest BCUT2D eigenvalue weighted by molar-refractivity contribution is 5.76. The van der Waals surface area contributed by atoms with E-state index < -0.39 is 6.09 Å². The molecule has 8 nitrogen and oxygen atoms in total. The number of piperazine rings is 1. The number of nitriles is 1. The van der Waals surface area contributed by atoms with Gasteiger partial charge in [0, 0.05) is 45.3 Å². The zero-order chi connectivity index (χ0) is 21.2. The Bertz CT molecular complexity index is 889. The highest BCUT2D eigenvalue weighted by Gasteiger charge is 2.23. The number of aromatic nitrogens is 1. The van der Waals surface area contributed by atoms with E-state index in [2.05, 4.69) is 16.4 Å². The summed E-state index contributed by atoms with van der Waals surface area (Å²) in [6.45, 7) is 3.07. The molecule has 2 aromatic rings. The van der Waals surface area contributed by atoms with Crippen molar-refractivity contribution in [2.24, 2.45) is 0 Å². The molecule has 1 aromatic carbocycles. The molecule has 8 heteroatoms. The van der Waals surface area contributed by atoms with Gasteiger partial charge in [0.1, 0.15) is 18.5 Å². The molecular weight excluding hydrogens is 382 g/mol. The topological polar surface area (TPSA) is 98.6 Å². The molecule has 3 rings (SSSR count). The van der Waals surface area contributed by atoms with Crippen molar-refractivity contribution in [1.82, 2.24) is 15.2 Å². The summed E-state index contributed by atoms with van der Waals surface area (Å²) in [7, 11) is 0. The van der Waals surface area contributed by atoms with Gasteiger partial charge < -0.3 is 19.9 Å². The van der Waals surface area contributed by atoms with Gasteiger partial charge in [-0.3, -0.25) is 4.79 Å². The maximum Gasteiger partial charge on any atom is 0.407 e. The van der Waals surface area contributed by atoms with E-state index in [-0.39, 0.29) is 12.5 Å². The zero-order valence-electron chi connectivity index (χ0n) is 16.8. The smallest absolute Gasteiger partial charge is 0.407 e. The number of carbonyl (C=O) groups is 2. The van der Waals surface area contributed by atoms with Gasteiger partial charge in [-0.2, -0.15) is 5.26 Å². The van der Waals surface area contributed by atoms with Crippen LogP contribution in [0.5, 0.6) is 0 Å². The molecule has 0 radical (unpaired) electrons. The van der Waals surface area contributed by atoms with Crippen molar-refractivity contribution in [3.05, 3.63) is 59.8 Å². The summed E-state index contributed by atoms with van der Waals surface area (Å²) in [6, 6.07) is 15.1. The molecule has 0 spiro atoms. The number of ether oxygens (including phenoxy) is 1. The summed E-state index contributed by atoms with van der Waals surface area (Å²) in [4.78, 5) is 32.3. The van der Waals surface area contributed by atoms with Crippen LogP contribution in [0.3, 0.4) is 0 Å². The van der Waals surface area contributed by atoms with Crippen LogP contribution < -0.4 is 10.2 Å². The van der Waals surface area contributed by atoms with Gasteiger partial charge in [0.05, 0.1) is 5.56 Å². The third kappa shape index (κ3) is 5.95. The number of anilines is 1. The van der Waals surface area contributed by atoms with Crippen LogP contribution in [0.1, 0.15) is 24.0 Å². The number of nitrogens with zero attached hydrogens (tertiary/aromatic N) is 4. The van der Waals surface area contributed by atoms with E-state index in [0.717, 1.165) is 5.56 Å². The Morgan fingerprint density at radius 1 is 1.10 bits per heavy atom. The van der Waals surface area contributed by atoms with Gasteiger partial charge in [0.25, 0.3) is 0 Å². The summed E-state index contributed by atoms with van der Waals surface area (Å²) in [6.07, 6.45) is 2.11. The van der Waals surface area contributed by atoms with Crippen LogP contribution in [0.25, 0.3) is 0 Å². The first-order chi connectivity index (χ1) is 14.7. The molecule has 1 aliphatic heterocycles. The van der Waals surface area contributed by atoms with Crippen LogP contribution in [-0.2, 0) is 16.1 Å². The molecule has 0 saturated carbocycles. The van der Waals surface area contributed by atoms with E-state index in [9.17, 15) is 14.9 Å². The highest BCUT2D eigenvalue weighted by Crippen LogP contribution is 2.18. The molecule has 156 valence electrons. The van der Waals surface area contributed by atoms with Crippen molar-refractivity contribution in [2.75, 3.05) is 37.6 Å². The largest absolute Gasteiger partial charge is 0.445 e. The van der Waals surface area contributed by atoms with E-state index in [0.29, 0.717) is 56.9 Å². The first-order valence-corrected chi connectivity index (χ1v) is 10.00. The summed E-state index contributed by atoms with van der Waals surface area (Å²) in [5, 5.41) is 11.9. The van der Waals surface area contributed by atoms with Crippen molar-refractivity contribution in [3.63, 3.8) is 0 Å². The number of alkyl carbamates (subject to hydrolysis) is 1. The molecule has 1 saturated heterocycles. The molecular formula is C22H25N5O3. The second kappa shape index (κ2) is 10.8. The molecule has 0 bridgehead atoms. The second-order valence-corrected chi connectivity index (χ2v) is 6.95. The monoisotopic (exact) mass is 407 g/mol. The van der Waals surface area contributed by atoms with Crippen molar-refractivity contribution in [3.8, 4) is 6.07 Å². The van der Waals surface area contributed by atoms with Gasteiger partial charge >= 0.3 is 6.09 Å². The average molecular weight is 407 g/mol. The Hall–Kier alpha value is -3.60. The molecule has 0 unspecified atom stereocenters. The van der Waals surface area contributed by atoms with E-state index in [4.69, 9.17) is 4.74 Å². The normalized spacial score (nSPS) is 13.4. The number of rotatable bonds is 7. The highest BCUT2D eigenvalue weighted by atomic mass is 16.5. The molecule has 0 aliphatic carbocycles. The van der Waals surface area contributed by atoms with Crippen LogP contribution in [0, 0.1) is 11.3 Å². The number of nitrogens with one attached hydrogen (secondary N) is 1. The van der Waals surface area contributed by atoms with E-state index >= 15 is 0 Å². The lowest BCUT2D eigenvalue weighted by molar-refractivity contribution is -0.131. The summed E-state index contributed by atoms with van der Waals surface area (Å²) in [5.74, 6) is 0.737. The van der Waals surface area contributed by atoms with Crippen molar-refractivity contribution in [1.29, 1.82) is 5.26 Å². The predicted molar refractivity (Wildman–Crippen MR) is 112 cm³/mol. The lowest BCUT2D eigenvalue weighted by Gasteiger charge is -2.35. The van der Waals surface area contributed by atoms with Crippen molar-refractivity contribution in [2.45, 2.75) is 19.4 Å². The fraction of sp³-hybridized carbons (Fsp3) is 0.364. The lowest BCUT2D eigenvalue weighted by Crippen LogP contribution is -2.49. The molecule has 2 heterocycles. The van der Waals surface area contributed by atoms with Crippen LogP contribution in [0.15, 0.2) is 48.7 Å². The maximum atomic E-state index is 12.4. The van der Waals surface area contributed by atoms with Crippen LogP contribution in [0.2, 0.25) is 0 Å². The fourth-order valence-corrected chi connectivity index (χ4v) is 3.27. The molecule has 1 aromatic heterocycles. The minimum Gasteiger partial charge on any atom is -0.445 e. The third-order valence-electron chi connectivity index (χ3n) is 4.89. The van der Waals surface area contributed by atoms with E-state index in [1.807, 2.05) is 40.1 Å². The molecule has 2 amide bonds. The van der Waals surface area contributed by atoms with Gasteiger partial charge in [0.2, 0.25) is 5.91 Å². The van der Waals surface area contributed by atoms with Gasteiger partial charge in [-0.1, -0.05) is 30.3 Å². The Morgan fingerprint density at radius 2 is 1.87 bits per heavy atom. The Labute approximate surface area is 176 Å². The van der Waals surface area contributed by atoms with Crippen LogP contribution >= 0.6 is 0 Å². The average Bonchev–Trinajstić information content (AvgIpc) is 2.81. The molecule has 30 heavy (non-hydrogen) atoms. The SMILES string of the molecule is N#Cc1cccnc1N1CCN(C(=O)CCCNC(=O)OCc2ccccc2)CC1. The lowest BCUT2D eigenvalue weighted by atomic mass is 10.2. The standard InChI is InChI=1S/C22H25N5O3/c23-16-19-8-4-10-24-21(19)27-14-12-26(13-15-27)20(28)9-5-11-25-22(29)30-17-18-6-2-1-3-7-18/h1-4,6-8,10H,5,9,11-15,17H2,(H,25,29). The van der Waals surface area contributed by atoms with Crippen LogP contribution in [-0.4, -0.2) is 54.6 Å². The van der Waals surface area contributed by atoms with Crippen LogP contribution in [0.4, 0.5) is 10.6 Å². The number of amides is 2. The molecule has 1 fully saturated rings. The first kappa shape index (κ1) is 21.1. The minimum atomic E-state index is -0.483. The predicted octanol–water partition coefficient (Wildman–Crippen LogP) is 2.31. The Kier molecular flexibility index (Phi) is 7.61. The number of benzene rings is 1. The van der Waals surface area contributed by atoms with Gasteiger partial charge in [0.15, 0.2) is 0 Å². The number of hydrogen-bond acceptors (Lipinski definition) is 6. The van der Waals surface area contributed by atoms with Crippen molar-refractivity contribution >= 4 is 17.8 Å². The second-order valence-electron chi connectivity index (χ2n) is 6.95. The Balaban J connectivity index is 1.32. The number of hydrogen-bond donors (Lipinski definition) is 1. The number of pyridine rings is 1. The quantitative estimate of drug-likeness (QED) is 0.707. The number of carbonyl (C=O) groups excluding carboxylic acids is 2. The summed E-state index contributed by atoms with van der Waals surface area (Å²) < 4.78 is 5.14. The molecule has 1 N–H and O–H groups in total. The minimum absolute atomic E-state index is 0.0654. The van der Waals surface area contributed by atoms with E-state index in [1.54, 1.807) is 18.3 Å². The fourth-order valence-electron chi connectivity index (χ4n) is 3.27. The van der Waals surface area contributed by atoms with Crippen molar-refractivity contribution < 1.29 is 14.3 Å². The van der Waals surface area contributed by atoms with E-state index in [1.165, 1.54) is 0 Å². The summed E-state index contributed by atoms with van der Waals surface area (Å²) in [5.41, 5.74) is 1.47. The zero-order valence-corrected chi connectivity index (χ0v) is 16.8. The summed E-state index contributed by atoms with van der Waals surface area (Å²) >= 11 is 0. The van der Waals surface area contributed by atoms with Gasteiger partial charge in [-0.15, -0.1) is 0 Å². The first-order valence-electron chi connectivity index (χ1n) is 10.00. The third-order valence-corrected chi connectivity index (χ3v) is 4.89. The molecule has 0 atom stereocenters. The Morgan fingerprint density at radius 3 is 2.60 bits per heavy atom. The molecule has 1 aliphatic rings. The van der Waals surface area contributed by atoms with Gasteiger partial charge in [-0.25, -0.2) is 9.78 Å². The van der Waals surface area contributed by atoms with Gasteiger partial charge in [-0.05, 0) is 24.1 Å².